The third kappa shape index (κ3) is 4.04. The van der Waals surface area contributed by atoms with Gasteiger partial charge in [-0.1, -0.05) is 6.92 Å². The lowest BCUT2D eigenvalue weighted by Crippen LogP contribution is -2.37. The molecule has 2 rings (SSSR count). The number of amides is 1. The Kier molecular flexibility index (Phi) is 5.76. The van der Waals surface area contributed by atoms with Crippen molar-refractivity contribution in [3.05, 3.63) is 16.5 Å². The molecular weight excluding hydrogens is 288 g/mol. The lowest BCUT2D eigenvalue weighted by atomic mass is 9.99. The second-order valence-corrected chi connectivity index (χ2v) is 6.20. The van der Waals surface area contributed by atoms with Gasteiger partial charge in [0.05, 0.1) is 18.1 Å². The number of aryl methyl sites for hydroxylation is 1. The van der Waals surface area contributed by atoms with Gasteiger partial charge in [0.1, 0.15) is 5.00 Å². The lowest BCUT2D eigenvalue weighted by Gasteiger charge is -2.21. The topological polar surface area (TPSA) is 67.4 Å². The fourth-order valence-corrected chi connectivity index (χ4v) is 3.35. The van der Waals surface area contributed by atoms with E-state index in [0.717, 1.165) is 30.7 Å². The molecule has 0 radical (unpaired) electrons. The molecule has 1 aromatic rings. The van der Waals surface area contributed by atoms with Crippen LogP contribution in [0.3, 0.4) is 0 Å². The van der Waals surface area contributed by atoms with Crippen LogP contribution in [0.1, 0.15) is 41.9 Å². The van der Waals surface area contributed by atoms with Crippen LogP contribution in [0.25, 0.3) is 0 Å². The highest BCUT2D eigenvalue weighted by molar-refractivity contribution is 7.16. The molecule has 116 valence electrons. The third-order valence-corrected chi connectivity index (χ3v) is 4.73. The zero-order valence-electron chi connectivity index (χ0n) is 12.5. The minimum absolute atomic E-state index is 0.0164. The van der Waals surface area contributed by atoms with Gasteiger partial charge in [0.15, 0.2) is 0 Å². The molecule has 2 N–H and O–H groups in total. The van der Waals surface area contributed by atoms with E-state index in [-0.39, 0.29) is 17.8 Å². The predicted molar refractivity (Wildman–Crippen MR) is 83.9 cm³/mol. The standard InChI is InChI=1S/C15H22N2O3S/c1-3-11-8-12(15(19)20-4-2)14(21-11)17-13(18)10-6-5-7-16-9-10/h8,10,16H,3-7,9H2,1-2H3,(H,17,18)/t10-/m0/s1. The molecule has 1 aromatic heterocycles. The molecule has 1 atom stereocenters. The maximum absolute atomic E-state index is 12.3. The monoisotopic (exact) mass is 310 g/mol. The second-order valence-electron chi connectivity index (χ2n) is 5.06. The van der Waals surface area contributed by atoms with Crippen molar-refractivity contribution in [1.82, 2.24) is 5.32 Å². The van der Waals surface area contributed by atoms with Crippen molar-refractivity contribution in [3.8, 4) is 0 Å². The molecule has 0 aromatic carbocycles. The third-order valence-electron chi connectivity index (χ3n) is 3.53. The molecule has 1 fully saturated rings. The Balaban J connectivity index is 2.12. The van der Waals surface area contributed by atoms with Crippen molar-refractivity contribution in [3.63, 3.8) is 0 Å². The molecular formula is C15H22N2O3S. The summed E-state index contributed by atoms with van der Waals surface area (Å²) < 4.78 is 5.06. The van der Waals surface area contributed by atoms with Crippen LogP contribution in [0, 0.1) is 5.92 Å². The average Bonchev–Trinajstić information content (AvgIpc) is 2.91. The van der Waals surface area contributed by atoms with E-state index in [9.17, 15) is 9.59 Å². The highest BCUT2D eigenvalue weighted by Gasteiger charge is 2.24. The summed E-state index contributed by atoms with van der Waals surface area (Å²) in [5.41, 5.74) is 0.468. The maximum Gasteiger partial charge on any atom is 0.341 e. The van der Waals surface area contributed by atoms with Gasteiger partial charge in [-0.15, -0.1) is 11.3 Å². The number of piperidine rings is 1. The Hall–Kier alpha value is -1.40. The van der Waals surface area contributed by atoms with Gasteiger partial charge in [0, 0.05) is 11.4 Å². The van der Waals surface area contributed by atoms with Crippen molar-refractivity contribution in [2.45, 2.75) is 33.1 Å². The van der Waals surface area contributed by atoms with E-state index in [1.807, 2.05) is 13.0 Å². The van der Waals surface area contributed by atoms with Crippen molar-refractivity contribution in [2.24, 2.45) is 5.92 Å². The van der Waals surface area contributed by atoms with Crippen LogP contribution in [0.5, 0.6) is 0 Å². The quantitative estimate of drug-likeness (QED) is 0.820. The van der Waals surface area contributed by atoms with E-state index in [2.05, 4.69) is 10.6 Å². The van der Waals surface area contributed by atoms with Gasteiger partial charge in [0.25, 0.3) is 0 Å². The summed E-state index contributed by atoms with van der Waals surface area (Å²) >= 11 is 1.45. The molecule has 2 heterocycles. The van der Waals surface area contributed by atoms with Crippen molar-refractivity contribution >= 4 is 28.2 Å². The SMILES string of the molecule is CCOC(=O)c1cc(CC)sc1NC(=O)[C@H]1CCCNC1. The van der Waals surface area contributed by atoms with Crippen molar-refractivity contribution in [1.29, 1.82) is 0 Å². The lowest BCUT2D eigenvalue weighted by molar-refractivity contribution is -0.120. The number of thiophene rings is 1. The van der Waals surface area contributed by atoms with Crippen LogP contribution in [0.4, 0.5) is 5.00 Å². The zero-order valence-corrected chi connectivity index (χ0v) is 13.3. The summed E-state index contributed by atoms with van der Waals surface area (Å²) in [6.45, 7) is 5.80. The summed E-state index contributed by atoms with van der Waals surface area (Å²) in [6.07, 6.45) is 2.73. The van der Waals surface area contributed by atoms with Gasteiger partial charge in [-0.25, -0.2) is 4.79 Å². The maximum atomic E-state index is 12.3. The second kappa shape index (κ2) is 7.56. The largest absolute Gasteiger partial charge is 0.462 e. The highest BCUT2D eigenvalue weighted by atomic mass is 32.1. The number of carbonyl (C=O) groups is 2. The van der Waals surface area contributed by atoms with Gasteiger partial charge in [0.2, 0.25) is 5.91 Å². The Labute approximate surface area is 129 Å². The van der Waals surface area contributed by atoms with Crippen molar-refractivity contribution in [2.75, 3.05) is 25.0 Å². The van der Waals surface area contributed by atoms with E-state index < -0.39 is 0 Å². The molecule has 21 heavy (non-hydrogen) atoms. The zero-order chi connectivity index (χ0) is 15.2. The molecule has 5 nitrogen and oxygen atoms in total. The molecule has 1 saturated heterocycles. The van der Waals surface area contributed by atoms with Crippen LogP contribution < -0.4 is 10.6 Å². The van der Waals surface area contributed by atoms with E-state index in [0.29, 0.717) is 23.7 Å². The van der Waals surface area contributed by atoms with Gasteiger partial charge in [-0.3, -0.25) is 4.79 Å². The first-order chi connectivity index (χ1) is 10.2. The van der Waals surface area contributed by atoms with E-state index in [1.165, 1.54) is 11.3 Å². The fourth-order valence-electron chi connectivity index (χ4n) is 2.36. The average molecular weight is 310 g/mol. The van der Waals surface area contributed by atoms with E-state index in [4.69, 9.17) is 4.74 Å². The summed E-state index contributed by atoms with van der Waals surface area (Å²) in [5.74, 6) is -0.413. The first-order valence-electron chi connectivity index (χ1n) is 7.47. The Bertz CT molecular complexity index is 507. The molecule has 0 spiro atoms. The normalized spacial score (nSPS) is 18.3. The minimum atomic E-state index is -0.370. The molecule has 1 aliphatic rings. The summed E-state index contributed by atoms with van der Waals surface area (Å²) in [6, 6.07) is 1.82. The molecule has 0 bridgehead atoms. The van der Waals surface area contributed by atoms with Crippen LogP contribution in [0.2, 0.25) is 0 Å². The van der Waals surface area contributed by atoms with Gasteiger partial charge >= 0.3 is 5.97 Å². The molecule has 1 aliphatic heterocycles. The van der Waals surface area contributed by atoms with Crippen LogP contribution in [0.15, 0.2) is 6.07 Å². The van der Waals surface area contributed by atoms with Gasteiger partial charge < -0.3 is 15.4 Å². The Morgan fingerprint density at radius 1 is 1.48 bits per heavy atom. The number of rotatable bonds is 5. The van der Waals surface area contributed by atoms with E-state index >= 15 is 0 Å². The molecule has 0 aliphatic carbocycles. The summed E-state index contributed by atoms with van der Waals surface area (Å²) in [7, 11) is 0. The number of ether oxygens (including phenoxy) is 1. The number of hydrogen-bond acceptors (Lipinski definition) is 5. The molecule has 6 heteroatoms. The molecule has 1 amide bonds. The predicted octanol–water partition coefficient (Wildman–Crippen LogP) is 2.43. The van der Waals surface area contributed by atoms with Gasteiger partial charge in [-0.05, 0) is 38.8 Å². The van der Waals surface area contributed by atoms with E-state index in [1.54, 1.807) is 6.92 Å². The first kappa shape index (κ1) is 16.0. The molecule has 0 unspecified atom stereocenters. The van der Waals surface area contributed by atoms with Crippen LogP contribution in [-0.4, -0.2) is 31.6 Å². The highest BCUT2D eigenvalue weighted by Crippen LogP contribution is 2.30. The first-order valence-corrected chi connectivity index (χ1v) is 8.28. The summed E-state index contributed by atoms with van der Waals surface area (Å²) in [5, 5.41) is 6.75. The number of nitrogens with one attached hydrogen (secondary N) is 2. The smallest absolute Gasteiger partial charge is 0.341 e. The van der Waals surface area contributed by atoms with Crippen LogP contribution in [-0.2, 0) is 16.0 Å². The number of hydrogen-bond donors (Lipinski definition) is 2. The fraction of sp³-hybridized carbons (Fsp3) is 0.600. The Morgan fingerprint density at radius 3 is 2.90 bits per heavy atom. The van der Waals surface area contributed by atoms with Crippen LogP contribution >= 0.6 is 11.3 Å². The number of anilines is 1. The minimum Gasteiger partial charge on any atom is -0.462 e. The number of carbonyl (C=O) groups excluding carboxylic acids is 2. The summed E-state index contributed by atoms with van der Waals surface area (Å²) in [4.78, 5) is 25.3. The molecule has 0 saturated carbocycles. The van der Waals surface area contributed by atoms with Crippen molar-refractivity contribution < 1.29 is 14.3 Å². The number of esters is 1. The Morgan fingerprint density at radius 2 is 2.29 bits per heavy atom. The van der Waals surface area contributed by atoms with Gasteiger partial charge in [-0.2, -0.15) is 0 Å².